The molecule has 0 radical (unpaired) electrons. The minimum Gasteiger partial charge on any atom is -0.504 e. The molecule has 0 aliphatic rings. The molecule has 118 valence electrons. The van der Waals surface area contributed by atoms with Crippen molar-refractivity contribution >= 4 is 22.4 Å². The van der Waals surface area contributed by atoms with Crippen molar-refractivity contribution in [2.24, 2.45) is 0 Å². The first kappa shape index (κ1) is 14.9. The number of ether oxygens (including phenoxy) is 1. The average Bonchev–Trinajstić information content (AvgIpc) is 2.52. The molecular weight excluding hydrogens is 311 g/mol. The Morgan fingerprint density at radius 1 is 1.04 bits per heavy atom. The van der Waals surface area contributed by atoms with Gasteiger partial charge >= 0.3 is 0 Å². The van der Waals surface area contributed by atoms with Crippen molar-refractivity contribution in [3.05, 3.63) is 48.0 Å². The van der Waals surface area contributed by atoms with Gasteiger partial charge in [0.2, 0.25) is 0 Å². The van der Waals surface area contributed by atoms with Crippen molar-refractivity contribution in [3.8, 4) is 11.5 Å². The molecule has 0 atom stereocenters. The Bertz CT molecular complexity index is 880. The molecule has 0 unspecified atom stereocenters. The van der Waals surface area contributed by atoms with E-state index in [0.717, 1.165) is 12.1 Å². The summed E-state index contributed by atoms with van der Waals surface area (Å²) in [5.41, 5.74) is 0.414. The van der Waals surface area contributed by atoms with Gasteiger partial charge in [-0.05, 0) is 6.07 Å². The second kappa shape index (κ2) is 5.64. The number of phenols is 1. The van der Waals surface area contributed by atoms with Crippen LogP contribution in [-0.4, -0.2) is 22.2 Å². The van der Waals surface area contributed by atoms with Crippen LogP contribution in [0, 0.1) is 17.5 Å². The van der Waals surface area contributed by atoms with Crippen LogP contribution in [0.15, 0.2) is 30.6 Å². The molecule has 2 aromatic carbocycles. The molecule has 0 aliphatic heterocycles. The number of aromatic hydroxyl groups is 1. The van der Waals surface area contributed by atoms with E-state index in [9.17, 15) is 18.3 Å². The van der Waals surface area contributed by atoms with Crippen LogP contribution >= 0.6 is 0 Å². The molecule has 0 aliphatic carbocycles. The Balaban J connectivity index is 2.08. The smallest absolute Gasteiger partial charge is 0.194 e. The highest BCUT2D eigenvalue weighted by Crippen LogP contribution is 2.33. The van der Waals surface area contributed by atoms with Gasteiger partial charge in [0.05, 0.1) is 12.6 Å². The lowest BCUT2D eigenvalue weighted by Crippen LogP contribution is -1.99. The molecule has 8 heteroatoms. The summed E-state index contributed by atoms with van der Waals surface area (Å²) in [6.45, 7) is 0. The number of nitrogens with one attached hydrogen (secondary N) is 1. The van der Waals surface area contributed by atoms with Gasteiger partial charge in [0.25, 0.3) is 0 Å². The first-order chi connectivity index (χ1) is 11.0. The molecule has 0 fully saturated rings. The van der Waals surface area contributed by atoms with E-state index < -0.39 is 17.5 Å². The van der Waals surface area contributed by atoms with E-state index in [4.69, 9.17) is 4.74 Å². The van der Waals surface area contributed by atoms with Gasteiger partial charge in [-0.3, -0.25) is 0 Å². The highest BCUT2D eigenvalue weighted by molar-refractivity contribution is 5.92. The Morgan fingerprint density at radius 2 is 1.74 bits per heavy atom. The van der Waals surface area contributed by atoms with Crippen LogP contribution in [0.1, 0.15) is 0 Å². The van der Waals surface area contributed by atoms with Gasteiger partial charge in [0.1, 0.15) is 12.1 Å². The SMILES string of the molecule is COc1cc2ncnc(Nc3cc(F)c(F)c(F)c3)c2cc1O. The Labute approximate surface area is 128 Å². The number of hydrogen-bond donors (Lipinski definition) is 2. The summed E-state index contributed by atoms with van der Waals surface area (Å²) in [7, 11) is 1.39. The second-order valence-electron chi connectivity index (χ2n) is 4.64. The van der Waals surface area contributed by atoms with Crippen LogP contribution < -0.4 is 10.1 Å². The highest BCUT2D eigenvalue weighted by Gasteiger charge is 2.13. The number of aromatic nitrogens is 2. The van der Waals surface area contributed by atoms with Crippen molar-refractivity contribution in [2.75, 3.05) is 12.4 Å². The van der Waals surface area contributed by atoms with E-state index in [1.54, 1.807) is 0 Å². The molecule has 3 rings (SSSR count). The maximum absolute atomic E-state index is 13.3. The number of methoxy groups -OCH3 is 1. The van der Waals surface area contributed by atoms with Crippen molar-refractivity contribution in [1.29, 1.82) is 0 Å². The molecule has 5 nitrogen and oxygen atoms in total. The summed E-state index contributed by atoms with van der Waals surface area (Å²) in [6, 6.07) is 4.45. The van der Waals surface area contributed by atoms with Gasteiger partial charge < -0.3 is 15.2 Å². The van der Waals surface area contributed by atoms with Crippen LogP contribution in [-0.2, 0) is 0 Å². The van der Waals surface area contributed by atoms with Crippen LogP contribution in [0.4, 0.5) is 24.7 Å². The maximum Gasteiger partial charge on any atom is 0.194 e. The number of phenolic OH excluding ortho intramolecular Hbond substituents is 1. The zero-order valence-corrected chi connectivity index (χ0v) is 11.8. The molecule has 1 aromatic heterocycles. The van der Waals surface area contributed by atoms with Crippen molar-refractivity contribution in [2.45, 2.75) is 0 Å². The third kappa shape index (κ3) is 2.70. The molecule has 23 heavy (non-hydrogen) atoms. The number of hydrogen-bond acceptors (Lipinski definition) is 5. The monoisotopic (exact) mass is 321 g/mol. The molecule has 1 heterocycles. The van der Waals surface area contributed by atoms with Gasteiger partial charge in [-0.1, -0.05) is 0 Å². The molecule has 0 bridgehead atoms. The van der Waals surface area contributed by atoms with E-state index in [-0.39, 0.29) is 23.0 Å². The summed E-state index contributed by atoms with van der Waals surface area (Å²) in [6.07, 6.45) is 1.23. The lowest BCUT2D eigenvalue weighted by molar-refractivity contribution is 0.374. The van der Waals surface area contributed by atoms with Gasteiger partial charge in [0, 0.05) is 29.3 Å². The normalized spacial score (nSPS) is 10.8. The molecule has 0 saturated carbocycles. The fraction of sp³-hybridized carbons (Fsp3) is 0.0667. The first-order valence-electron chi connectivity index (χ1n) is 6.43. The Morgan fingerprint density at radius 3 is 2.39 bits per heavy atom. The third-order valence-electron chi connectivity index (χ3n) is 3.18. The van der Waals surface area contributed by atoms with Crippen LogP contribution in [0.5, 0.6) is 11.5 Å². The summed E-state index contributed by atoms with van der Waals surface area (Å²) >= 11 is 0. The Hall–Kier alpha value is -3.03. The predicted molar refractivity (Wildman–Crippen MR) is 77.4 cm³/mol. The fourth-order valence-electron chi connectivity index (χ4n) is 2.10. The highest BCUT2D eigenvalue weighted by atomic mass is 19.2. The van der Waals surface area contributed by atoms with Gasteiger partial charge in [-0.25, -0.2) is 23.1 Å². The molecule has 2 N–H and O–H groups in total. The molecule has 0 saturated heterocycles. The summed E-state index contributed by atoms with van der Waals surface area (Å²) in [5.74, 6) is -3.93. The summed E-state index contributed by atoms with van der Waals surface area (Å²) < 4.78 is 44.5. The molecule has 0 amide bonds. The largest absolute Gasteiger partial charge is 0.504 e. The van der Waals surface area contributed by atoms with Crippen LogP contribution in [0.3, 0.4) is 0 Å². The quantitative estimate of drug-likeness (QED) is 0.723. The fourth-order valence-corrected chi connectivity index (χ4v) is 2.10. The number of nitrogens with zero attached hydrogens (tertiary/aromatic N) is 2. The predicted octanol–water partition coefficient (Wildman–Crippen LogP) is 3.50. The topological polar surface area (TPSA) is 67.3 Å². The Kier molecular flexibility index (Phi) is 3.65. The zero-order valence-electron chi connectivity index (χ0n) is 11.8. The summed E-state index contributed by atoms with van der Waals surface area (Å²) in [4.78, 5) is 8.00. The standard InChI is InChI=1S/C15H10F3N3O2/c1-23-13-5-11-8(4-12(13)22)15(20-6-19-11)21-7-2-9(16)14(18)10(17)3-7/h2-6,22H,1H3,(H,19,20,21). The van der Waals surface area contributed by atoms with Crippen molar-refractivity contribution in [3.63, 3.8) is 0 Å². The third-order valence-corrected chi connectivity index (χ3v) is 3.18. The number of rotatable bonds is 3. The van der Waals surface area contributed by atoms with Crippen LogP contribution in [0.2, 0.25) is 0 Å². The minimum absolute atomic E-state index is 0.0308. The maximum atomic E-state index is 13.3. The average molecular weight is 321 g/mol. The lowest BCUT2D eigenvalue weighted by Gasteiger charge is -2.10. The minimum atomic E-state index is -1.55. The van der Waals surface area contributed by atoms with Gasteiger partial charge in [0.15, 0.2) is 29.0 Å². The van der Waals surface area contributed by atoms with Crippen LogP contribution in [0.25, 0.3) is 10.9 Å². The molecular formula is C15H10F3N3O2. The zero-order chi connectivity index (χ0) is 16.6. The van der Waals surface area contributed by atoms with Gasteiger partial charge in [-0.15, -0.1) is 0 Å². The van der Waals surface area contributed by atoms with E-state index in [0.29, 0.717) is 10.9 Å². The van der Waals surface area contributed by atoms with E-state index in [1.165, 1.54) is 25.6 Å². The van der Waals surface area contributed by atoms with Gasteiger partial charge in [-0.2, -0.15) is 0 Å². The molecule has 0 spiro atoms. The van der Waals surface area contributed by atoms with Crippen molar-refractivity contribution < 1.29 is 23.0 Å². The second-order valence-corrected chi connectivity index (χ2v) is 4.64. The number of fused-ring (bicyclic) bond motifs is 1. The first-order valence-corrected chi connectivity index (χ1v) is 6.43. The van der Waals surface area contributed by atoms with E-state index >= 15 is 0 Å². The number of anilines is 2. The van der Waals surface area contributed by atoms with E-state index in [2.05, 4.69) is 15.3 Å². The number of benzene rings is 2. The summed E-state index contributed by atoms with van der Waals surface area (Å²) in [5, 5.41) is 12.9. The number of halogens is 3. The lowest BCUT2D eigenvalue weighted by atomic mass is 10.2. The molecule has 3 aromatic rings. The van der Waals surface area contributed by atoms with E-state index in [1.807, 2.05) is 0 Å². The van der Waals surface area contributed by atoms with Crippen molar-refractivity contribution in [1.82, 2.24) is 9.97 Å².